The maximum absolute atomic E-state index is 12.7. The first-order valence-electron chi connectivity index (χ1n) is 9.04. The summed E-state index contributed by atoms with van der Waals surface area (Å²) in [6.07, 6.45) is 10.6. The third kappa shape index (κ3) is 3.79. The zero-order valence-electron chi connectivity index (χ0n) is 14.1. The van der Waals surface area contributed by atoms with Gasteiger partial charge in [-0.3, -0.25) is 4.79 Å². The summed E-state index contributed by atoms with van der Waals surface area (Å²) in [5.41, 5.74) is 6.38. The van der Waals surface area contributed by atoms with Gasteiger partial charge in [-0.05, 0) is 76.0 Å². The zero-order chi connectivity index (χ0) is 15.0. The third-order valence-corrected chi connectivity index (χ3v) is 6.59. The van der Waals surface area contributed by atoms with Crippen molar-refractivity contribution in [1.29, 1.82) is 0 Å². The van der Waals surface area contributed by atoms with Crippen molar-refractivity contribution in [3.05, 3.63) is 0 Å². The molecule has 3 nitrogen and oxygen atoms in total. The van der Waals surface area contributed by atoms with E-state index in [4.69, 9.17) is 5.73 Å². The van der Waals surface area contributed by atoms with E-state index in [1.807, 2.05) is 0 Å². The monoisotopic (exact) mass is 328 g/mol. The van der Waals surface area contributed by atoms with E-state index in [0.717, 1.165) is 31.6 Å². The molecular formula is C18H33ClN2O. The smallest absolute Gasteiger partial charge is 0.223 e. The van der Waals surface area contributed by atoms with Crippen LogP contribution in [0.2, 0.25) is 0 Å². The second kappa shape index (κ2) is 7.09. The minimum absolute atomic E-state index is 0. The van der Waals surface area contributed by atoms with Gasteiger partial charge in [0.15, 0.2) is 0 Å². The van der Waals surface area contributed by atoms with Crippen LogP contribution in [0.3, 0.4) is 0 Å². The molecule has 0 aromatic rings. The molecule has 128 valence electrons. The first-order chi connectivity index (χ1) is 9.97. The van der Waals surface area contributed by atoms with E-state index in [1.54, 1.807) is 0 Å². The number of fused-ring (bicyclic) bond motifs is 2. The van der Waals surface area contributed by atoms with Gasteiger partial charge < -0.3 is 11.1 Å². The van der Waals surface area contributed by atoms with Crippen LogP contribution < -0.4 is 11.1 Å². The molecule has 0 aromatic heterocycles. The fourth-order valence-corrected chi connectivity index (χ4v) is 4.93. The Labute approximate surface area is 141 Å². The Balaban J connectivity index is 0.00000176. The van der Waals surface area contributed by atoms with E-state index in [0.29, 0.717) is 23.8 Å². The van der Waals surface area contributed by atoms with E-state index in [-0.39, 0.29) is 23.9 Å². The van der Waals surface area contributed by atoms with Crippen molar-refractivity contribution in [2.24, 2.45) is 29.4 Å². The van der Waals surface area contributed by atoms with Gasteiger partial charge in [0.25, 0.3) is 0 Å². The summed E-state index contributed by atoms with van der Waals surface area (Å²) in [4.78, 5) is 12.7. The Morgan fingerprint density at radius 1 is 1.09 bits per heavy atom. The fourth-order valence-electron chi connectivity index (χ4n) is 4.93. The Morgan fingerprint density at radius 3 is 2.18 bits per heavy atom. The Bertz CT molecular complexity index is 379. The lowest BCUT2D eigenvalue weighted by atomic mass is 9.64. The van der Waals surface area contributed by atoms with E-state index in [2.05, 4.69) is 19.2 Å². The predicted molar refractivity (Wildman–Crippen MR) is 93.0 cm³/mol. The minimum atomic E-state index is 0. The lowest BCUT2D eigenvalue weighted by molar-refractivity contribution is -0.130. The van der Waals surface area contributed by atoms with Crippen molar-refractivity contribution in [3.8, 4) is 0 Å². The first-order valence-corrected chi connectivity index (χ1v) is 9.04. The average molecular weight is 329 g/mol. The van der Waals surface area contributed by atoms with Gasteiger partial charge in [-0.1, -0.05) is 13.3 Å². The number of amides is 1. The van der Waals surface area contributed by atoms with Gasteiger partial charge in [-0.2, -0.15) is 0 Å². The highest BCUT2D eigenvalue weighted by Gasteiger charge is 2.42. The molecule has 3 aliphatic carbocycles. The van der Waals surface area contributed by atoms with Crippen LogP contribution in [-0.4, -0.2) is 17.5 Å². The van der Waals surface area contributed by atoms with Crippen molar-refractivity contribution >= 4 is 18.3 Å². The van der Waals surface area contributed by atoms with Crippen LogP contribution in [0, 0.1) is 23.7 Å². The minimum Gasteiger partial charge on any atom is -0.351 e. The van der Waals surface area contributed by atoms with Crippen molar-refractivity contribution in [3.63, 3.8) is 0 Å². The Hall–Kier alpha value is -0.280. The average Bonchev–Trinajstić information content (AvgIpc) is 2.42. The molecule has 0 aromatic carbocycles. The molecule has 22 heavy (non-hydrogen) atoms. The van der Waals surface area contributed by atoms with Gasteiger partial charge in [0, 0.05) is 17.5 Å². The molecule has 2 bridgehead atoms. The van der Waals surface area contributed by atoms with Gasteiger partial charge in [-0.15, -0.1) is 12.4 Å². The molecule has 3 saturated carbocycles. The van der Waals surface area contributed by atoms with Gasteiger partial charge in [0.1, 0.15) is 0 Å². The zero-order valence-corrected chi connectivity index (χ0v) is 15.0. The number of rotatable bonds is 2. The predicted octanol–water partition coefficient (Wildman–Crippen LogP) is 3.65. The van der Waals surface area contributed by atoms with Crippen molar-refractivity contribution in [2.45, 2.75) is 83.2 Å². The molecule has 4 heteroatoms. The summed E-state index contributed by atoms with van der Waals surface area (Å²) in [5, 5.41) is 3.41. The van der Waals surface area contributed by atoms with Gasteiger partial charge in [-0.25, -0.2) is 0 Å². The van der Waals surface area contributed by atoms with Crippen LogP contribution in [0.25, 0.3) is 0 Å². The lowest BCUT2D eigenvalue weighted by Gasteiger charge is -2.45. The summed E-state index contributed by atoms with van der Waals surface area (Å²) in [5.74, 6) is 2.54. The highest BCUT2D eigenvalue weighted by molar-refractivity contribution is 5.85. The highest BCUT2D eigenvalue weighted by atomic mass is 35.5. The van der Waals surface area contributed by atoms with Crippen molar-refractivity contribution in [1.82, 2.24) is 5.32 Å². The summed E-state index contributed by atoms with van der Waals surface area (Å²) < 4.78 is 0. The van der Waals surface area contributed by atoms with E-state index < -0.39 is 0 Å². The van der Waals surface area contributed by atoms with Crippen LogP contribution in [0.1, 0.15) is 71.6 Å². The molecule has 0 saturated heterocycles. The number of nitrogens with two attached hydrogens (primary N) is 1. The second-order valence-electron chi connectivity index (χ2n) is 8.43. The number of hydrogen-bond donors (Lipinski definition) is 2. The Kier molecular flexibility index (Phi) is 5.82. The normalized spacial score (nSPS) is 44.8. The fraction of sp³-hybridized carbons (Fsp3) is 0.944. The van der Waals surface area contributed by atoms with Crippen LogP contribution in [0.4, 0.5) is 0 Å². The molecule has 3 rings (SSSR count). The number of hydrogen-bond acceptors (Lipinski definition) is 2. The van der Waals surface area contributed by atoms with Crippen LogP contribution in [-0.2, 0) is 4.79 Å². The first kappa shape index (κ1) is 18.1. The van der Waals surface area contributed by atoms with E-state index >= 15 is 0 Å². The van der Waals surface area contributed by atoms with E-state index in [9.17, 15) is 4.79 Å². The maximum Gasteiger partial charge on any atom is 0.223 e. The summed E-state index contributed by atoms with van der Waals surface area (Å²) >= 11 is 0. The SMILES string of the molecule is CC1CCC(C)(NC(=O)C2CC3CCCC(C2)C3N)CC1.Cl. The molecule has 3 aliphatic rings. The largest absolute Gasteiger partial charge is 0.351 e. The molecule has 2 unspecified atom stereocenters. The van der Waals surface area contributed by atoms with Gasteiger partial charge in [0.05, 0.1) is 0 Å². The number of nitrogens with one attached hydrogen (secondary N) is 1. The standard InChI is InChI=1S/C18H32N2O.ClH/c1-12-6-8-18(2,9-7-12)20-17(21)15-10-13-4-3-5-14(11-15)16(13)19;/h12-16H,3-11,19H2,1-2H3,(H,20,21);1H. The number of carbonyl (C=O) groups is 1. The van der Waals surface area contributed by atoms with Crippen molar-refractivity contribution < 1.29 is 4.79 Å². The molecular weight excluding hydrogens is 296 g/mol. The maximum atomic E-state index is 12.7. The molecule has 3 N–H and O–H groups in total. The van der Waals surface area contributed by atoms with E-state index in [1.165, 1.54) is 32.1 Å². The Morgan fingerprint density at radius 2 is 1.64 bits per heavy atom. The third-order valence-electron chi connectivity index (χ3n) is 6.59. The van der Waals surface area contributed by atoms with Crippen LogP contribution in [0.5, 0.6) is 0 Å². The summed E-state index contributed by atoms with van der Waals surface area (Å²) in [7, 11) is 0. The summed E-state index contributed by atoms with van der Waals surface area (Å²) in [6.45, 7) is 4.57. The quantitative estimate of drug-likeness (QED) is 0.813. The molecule has 3 fully saturated rings. The number of carbonyl (C=O) groups excluding carboxylic acids is 1. The molecule has 1 amide bonds. The second-order valence-corrected chi connectivity index (χ2v) is 8.43. The molecule has 0 spiro atoms. The molecule has 0 aliphatic heterocycles. The number of halogens is 1. The lowest BCUT2D eigenvalue weighted by Crippen LogP contribution is -2.53. The summed E-state index contributed by atoms with van der Waals surface area (Å²) in [6, 6.07) is 0.355. The molecule has 0 heterocycles. The van der Waals surface area contributed by atoms with Crippen molar-refractivity contribution in [2.75, 3.05) is 0 Å². The highest BCUT2D eigenvalue weighted by Crippen LogP contribution is 2.42. The molecule has 0 radical (unpaired) electrons. The topological polar surface area (TPSA) is 55.1 Å². The van der Waals surface area contributed by atoms with Gasteiger partial charge >= 0.3 is 0 Å². The van der Waals surface area contributed by atoms with Crippen LogP contribution >= 0.6 is 12.4 Å². The van der Waals surface area contributed by atoms with Gasteiger partial charge in [0.2, 0.25) is 5.91 Å². The molecule has 2 atom stereocenters. The van der Waals surface area contributed by atoms with Crippen LogP contribution in [0.15, 0.2) is 0 Å².